The van der Waals surface area contributed by atoms with Crippen molar-refractivity contribution in [3.8, 4) is 0 Å². The number of hydrogen-bond acceptors (Lipinski definition) is 2. The van der Waals surface area contributed by atoms with E-state index in [1.165, 1.54) is 25.7 Å². The fraction of sp³-hybridized carbons (Fsp3) is 0.923. The topological polar surface area (TPSA) is 32.3 Å². The minimum atomic E-state index is -0.453. The molecule has 1 unspecified atom stereocenters. The second-order valence-corrected chi connectivity index (χ2v) is 5.80. The molecular weight excluding hydrogens is 200 g/mol. The minimum absolute atomic E-state index is 0.150. The summed E-state index contributed by atoms with van der Waals surface area (Å²) >= 11 is 0. The first-order valence-electron chi connectivity index (χ1n) is 6.34. The molecule has 0 radical (unpaired) electrons. The van der Waals surface area contributed by atoms with E-state index in [2.05, 4.69) is 12.2 Å². The molecule has 1 amide bonds. The van der Waals surface area contributed by atoms with Gasteiger partial charge in [0.15, 0.2) is 0 Å². The van der Waals surface area contributed by atoms with Gasteiger partial charge in [0.2, 0.25) is 5.91 Å². The highest BCUT2D eigenvalue weighted by Crippen LogP contribution is 2.28. The molecule has 1 saturated carbocycles. The van der Waals surface area contributed by atoms with E-state index < -0.39 is 5.54 Å². The van der Waals surface area contributed by atoms with E-state index in [1.807, 2.05) is 27.9 Å². The van der Waals surface area contributed by atoms with E-state index >= 15 is 0 Å². The number of hydrogen-bond donors (Lipinski definition) is 1. The Labute approximate surface area is 99.6 Å². The Morgan fingerprint density at radius 1 is 1.31 bits per heavy atom. The molecule has 1 aliphatic carbocycles. The standard InChI is InChI=1S/C13H26N2O/c1-10(11-8-6-7-9-11)14-13(2,3)12(16)15(4)5/h10-11,14H,6-9H2,1-5H3. The third-order valence-electron chi connectivity index (χ3n) is 3.64. The van der Waals surface area contributed by atoms with E-state index in [9.17, 15) is 4.79 Å². The molecule has 0 aromatic heterocycles. The summed E-state index contributed by atoms with van der Waals surface area (Å²) in [5, 5.41) is 3.49. The van der Waals surface area contributed by atoms with Crippen molar-refractivity contribution in [1.29, 1.82) is 0 Å². The number of carbonyl (C=O) groups is 1. The molecule has 3 nitrogen and oxygen atoms in total. The van der Waals surface area contributed by atoms with Crippen LogP contribution in [-0.2, 0) is 4.79 Å². The summed E-state index contributed by atoms with van der Waals surface area (Å²) < 4.78 is 0. The molecular formula is C13H26N2O. The van der Waals surface area contributed by atoms with Crippen LogP contribution in [0.2, 0.25) is 0 Å². The van der Waals surface area contributed by atoms with Gasteiger partial charge in [-0.2, -0.15) is 0 Å². The summed E-state index contributed by atoms with van der Waals surface area (Å²) in [6.07, 6.45) is 5.30. The second kappa shape index (κ2) is 5.17. The van der Waals surface area contributed by atoms with Crippen LogP contribution in [0.3, 0.4) is 0 Å². The highest BCUT2D eigenvalue weighted by atomic mass is 16.2. The Balaban J connectivity index is 2.53. The smallest absolute Gasteiger partial charge is 0.241 e. The Hall–Kier alpha value is -0.570. The Morgan fingerprint density at radius 3 is 2.25 bits per heavy atom. The van der Waals surface area contributed by atoms with Gasteiger partial charge in [-0.15, -0.1) is 0 Å². The average Bonchev–Trinajstić information content (AvgIpc) is 2.68. The van der Waals surface area contributed by atoms with Gasteiger partial charge in [0.1, 0.15) is 0 Å². The van der Waals surface area contributed by atoms with E-state index in [-0.39, 0.29) is 5.91 Å². The maximum atomic E-state index is 12.0. The van der Waals surface area contributed by atoms with Gasteiger partial charge in [-0.25, -0.2) is 0 Å². The van der Waals surface area contributed by atoms with Crippen molar-refractivity contribution in [2.75, 3.05) is 14.1 Å². The zero-order chi connectivity index (χ0) is 12.3. The van der Waals surface area contributed by atoms with E-state index in [4.69, 9.17) is 0 Å². The lowest BCUT2D eigenvalue weighted by Crippen LogP contribution is -2.56. The monoisotopic (exact) mass is 226 g/mol. The zero-order valence-corrected chi connectivity index (χ0v) is 11.3. The number of carbonyl (C=O) groups excluding carboxylic acids is 1. The van der Waals surface area contributed by atoms with Crippen LogP contribution in [0.1, 0.15) is 46.5 Å². The van der Waals surface area contributed by atoms with Crippen molar-refractivity contribution in [2.45, 2.75) is 58.0 Å². The first-order valence-corrected chi connectivity index (χ1v) is 6.34. The molecule has 0 spiro atoms. The van der Waals surface area contributed by atoms with Crippen molar-refractivity contribution in [2.24, 2.45) is 5.92 Å². The number of rotatable bonds is 4. The van der Waals surface area contributed by atoms with Crippen LogP contribution >= 0.6 is 0 Å². The molecule has 3 heteroatoms. The molecule has 94 valence electrons. The highest BCUT2D eigenvalue weighted by Gasteiger charge is 2.33. The average molecular weight is 226 g/mol. The van der Waals surface area contributed by atoms with E-state index in [0.29, 0.717) is 6.04 Å². The Kier molecular flexibility index (Phi) is 4.36. The largest absolute Gasteiger partial charge is 0.347 e. The molecule has 0 saturated heterocycles. The normalized spacial score (nSPS) is 19.8. The first-order chi connectivity index (χ1) is 7.34. The lowest BCUT2D eigenvalue weighted by atomic mass is 9.95. The van der Waals surface area contributed by atoms with Crippen LogP contribution in [0.4, 0.5) is 0 Å². The molecule has 0 bridgehead atoms. The third-order valence-corrected chi connectivity index (χ3v) is 3.64. The number of amides is 1. The Morgan fingerprint density at radius 2 is 1.81 bits per heavy atom. The number of likely N-dealkylation sites (N-methyl/N-ethyl adjacent to an activating group) is 1. The van der Waals surface area contributed by atoms with Crippen LogP contribution in [-0.4, -0.2) is 36.5 Å². The maximum absolute atomic E-state index is 12.0. The summed E-state index contributed by atoms with van der Waals surface area (Å²) in [4.78, 5) is 13.6. The van der Waals surface area contributed by atoms with Crippen molar-refractivity contribution in [3.63, 3.8) is 0 Å². The van der Waals surface area contributed by atoms with Gasteiger partial charge in [-0.05, 0) is 39.5 Å². The van der Waals surface area contributed by atoms with Crippen molar-refractivity contribution in [3.05, 3.63) is 0 Å². The zero-order valence-electron chi connectivity index (χ0n) is 11.3. The molecule has 1 atom stereocenters. The molecule has 0 heterocycles. The lowest BCUT2D eigenvalue weighted by molar-refractivity contribution is -0.134. The molecule has 1 aliphatic rings. The van der Waals surface area contributed by atoms with Crippen LogP contribution in [0.25, 0.3) is 0 Å². The van der Waals surface area contributed by atoms with Crippen LogP contribution in [0.15, 0.2) is 0 Å². The van der Waals surface area contributed by atoms with Gasteiger partial charge in [0, 0.05) is 20.1 Å². The van der Waals surface area contributed by atoms with Crippen LogP contribution in [0, 0.1) is 5.92 Å². The van der Waals surface area contributed by atoms with Gasteiger partial charge in [0.25, 0.3) is 0 Å². The van der Waals surface area contributed by atoms with Crippen LogP contribution < -0.4 is 5.32 Å². The van der Waals surface area contributed by atoms with E-state index in [1.54, 1.807) is 4.90 Å². The van der Waals surface area contributed by atoms with Gasteiger partial charge < -0.3 is 10.2 Å². The van der Waals surface area contributed by atoms with Crippen molar-refractivity contribution >= 4 is 5.91 Å². The second-order valence-electron chi connectivity index (χ2n) is 5.80. The lowest BCUT2D eigenvalue weighted by Gasteiger charge is -2.33. The number of nitrogens with one attached hydrogen (secondary N) is 1. The third kappa shape index (κ3) is 3.21. The van der Waals surface area contributed by atoms with Gasteiger partial charge in [-0.3, -0.25) is 4.79 Å². The van der Waals surface area contributed by atoms with Gasteiger partial charge >= 0.3 is 0 Å². The molecule has 1 fully saturated rings. The summed E-state index contributed by atoms with van der Waals surface area (Å²) in [7, 11) is 3.62. The molecule has 16 heavy (non-hydrogen) atoms. The molecule has 0 aromatic carbocycles. The summed E-state index contributed by atoms with van der Waals surface area (Å²) in [5.74, 6) is 0.895. The van der Waals surface area contributed by atoms with E-state index in [0.717, 1.165) is 5.92 Å². The summed E-state index contributed by atoms with van der Waals surface area (Å²) in [5.41, 5.74) is -0.453. The van der Waals surface area contributed by atoms with Crippen molar-refractivity contribution in [1.82, 2.24) is 10.2 Å². The minimum Gasteiger partial charge on any atom is -0.347 e. The predicted octanol–water partition coefficient (Wildman–Crippen LogP) is 2.02. The maximum Gasteiger partial charge on any atom is 0.241 e. The van der Waals surface area contributed by atoms with Crippen LogP contribution in [0.5, 0.6) is 0 Å². The highest BCUT2D eigenvalue weighted by molar-refractivity contribution is 5.85. The van der Waals surface area contributed by atoms with Gasteiger partial charge in [-0.1, -0.05) is 12.8 Å². The fourth-order valence-corrected chi connectivity index (χ4v) is 2.77. The summed E-state index contributed by atoms with van der Waals surface area (Å²) in [6, 6.07) is 0.432. The summed E-state index contributed by atoms with van der Waals surface area (Å²) in [6.45, 7) is 6.16. The Bertz CT molecular complexity index is 242. The molecule has 0 aliphatic heterocycles. The van der Waals surface area contributed by atoms with Crippen molar-refractivity contribution < 1.29 is 4.79 Å². The van der Waals surface area contributed by atoms with Gasteiger partial charge in [0.05, 0.1) is 5.54 Å². The first kappa shape index (κ1) is 13.5. The predicted molar refractivity (Wildman–Crippen MR) is 67.3 cm³/mol. The molecule has 1 rings (SSSR count). The quantitative estimate of drug-likeness (QED) is 0.795. The number of nitrogens with zero attached hydrogens (tertiary/aromatic N) is 1. The SMILES string of the molecule is CC(NC(C)(C)C(=O)N(C)C)C1CCCC1. The molecule has 0 aromatic rings. The fourth-order valence-electron chi connectivity index (χ4n) is 2.77. The molecule has 1 N–H and O–H groups in total.